The number of rotatable bonds is 0. The van der Waals surface area contributed by atoms with Crippen molar-refractivity contribution in [3.05, 3.63) is 0 Å². The van der Waals surface area contributed by atoms with Gasteiger partial charge in [0.15, 0.2) is 0 Å². The molecule has 4 heteroatoms. The zero-order valence-corrected chi connectivity index (χ0v) is 8.54. The number of nitrogens with zero attached hydrogens (tertiary/aromatic N) is 2. The fraction of sp³-hybridized carbons (Fsp3) is 0.889. The molecular formula is C9H18N4. The minimum Gasteiger partial charge on any atom is -0.341 e. The molecule has 2 unspecified atom stereocenters. The number of hydrogen-bond acceptors (Lipinski definition) is 2. The second-order valence-electron chi connectivity index (χ2n) is 4.63. The molecule has 1 aliphatic carbocycles. The summed E-state index contributed by atoms with van der Waals surface area (Å²) in [5.41, 5.74) is 3.20. The summed E-state index contributed by atoms with van der Waals surface area (Å²) in [5.74, 6) is 7.88. The van der Waals surface area contributed by atoms with Gasteiger partial charge in [-0.05, 0) is 17.3 Å². The van der Waals surface area contributed by atoms with Gasteiger partial charge in [-0.2, -0.15) is 0 Å². The maximum Gasteiger partial charge on any atom is 0.208 e. The van der Waals surface area contributed by atoms with Gasteiger partial charge < -0.3 is 4.90 Å². The average molecular weight is 182 g/mol. The molecule has 2 aliphatic rings. The molecule has 0 aromatic rings. The van der Waals surface area contributed by atoms with Crippen LogP contribution in [0, 0.1) is 17.3 Å². The van der Waals surface area contributed by atoms with Gasteiger partial charge in [0.25, 0.3) is 0 Å². The van der Waals surface area contributed by atoms with E-state index in [4.69, 9.17) is 5.84 Å². The minimum atomic E-state index is 0.559. The first-order valence-corrected chi connectivity index (χ1v) is 4.79. The Kier molecular flexibility index (Phi) is 1.77. The second-order valence-corrected chi connectivity index (χ2v) is 4.63. The van der Waals surface area contributed by atoms with Crippen molar-refractivity contribution in [1.29, 1.82) is 0 Å². The third-order valence-corrected chi connectivity index (χ3v) is 3.76. The zero-order valence-electron chi connectivity index (χ0n) is 8.54. The summed E-state index contributed by atoms with van der Waals surface area (Å²) in [5, 5.41) is 0. The number of piperidine rings is 1. The van der Waals surface area contributed by atoms with E-state index in [2.05, 4.69) is 29.2 Å². The molecule has 0 spiro atoms. The highest BCUT2D eigenvalue weighted by Crippen LogP contribution is 2.61. The molecular weight excluding hydrogens is 164 g/mol. The van der Waals surface area contributed by atoms with E-state index in [9.17, 15) is 0 Å². The number of nitrogens with two attached hydrogens (primary N) is 1. The Hall–Kier alpha value is -0.770. The van der Waals surface area contributed by atoms with Crippen molar-refractivity contribution in [2.75, 3.05) is 20.1 Å². The van der Waals surface area contributed by atoms with Crippen molar-refractivity contribution in [3.63, 3.8) is 0 Å². The standard InChI is InChI=1S/C9H18N4/c1-9(2)6-4-13(5-7(6)9)8(11-3)12-10/h6-7H,4-5,10H2,1-3H3,(H,11,12). The lowest BCUT2D eigenvalue weighted by Crippen LogP contribution is -2.45. The Morgan fingerprint density at radius 2 is 2.00 bits per heavy atom. The van der Waals surface area contributed by atoms with Crippen LogP contribution in [0.5, 0.6) is 0 Å². The molecule has 0 aromatic carbocycles. The van der Waals surface area contributed by atoms with Crippen LogP contribution >= 0.6 is 0 Å². The molecule has 13 heavy (non-hydrogen) atoms. The largest absolute Gasteiger partial charge is 0.341 e. The number of fused-ring (bicyclic) bond motifs is 1. The first-order valence-electron chi connectivity index (χ1n) is 4.79. The van der Waals surface area contributed by atoms with Gasteiger partial charge in [0.1, 0.15) is 0 Å². The summed E-state index contributed by atoms with van der Waals surface area (Å²) < 4.78 is 0. The molecule has 0 amide bonds. The Labute approximate surface area is 79.2 Å². The lowest BCUT2D eigenvalue weighted by Gasteiger charge is -2.24. The molecule has 2 rings (SSSR count). The van der Waals surface area contributed by atoms with Gasteiger partial charge in [0, 0.05) is 20.1 Å². The third-order valence-electron chi connectivity index (χ3n) is 3.76. The highest BCUT2D eigenvalue weighted by Gasteiger charge is 2.62. The summed E-state index contributed by atoms with van der Waals surface area (Å²) in [6.07, 6.45) is 0. The van der Waals surface area contributed by atoms with E-state index in [0.717, 1.165) is 30.9 Å². The molecule has 74 valence electrons. The summed E-state index contributed by atoms with van der Waals surface area (Å²) in [4.78, 5) is 6.33. The molecule has 1 heterocycles. The van der Waals surface area contributed by atoms with Crippen LogP contribution < -0.4 is 11.3 Å². The van der Waals surface area contributed by atoms with Crippen molar-refractivity contribution in [3.8, 4) is 0 Å². The van der Waals surface area contributed by atoms with Gasteiger partial charge >= 0.3 is 0 Å². The predicted octanol–water partition coefficient (Wildman–Crippen LogP) is 0.0233. The van der Waals surface area contributed by atoms with Crippen LogP contribution in [0.1, 0.15) is 13.8 Å². The van der Waals surface area contributed by atoms with Gasteiger partial charge in [-0.3, -0.25) is 10.4 Å². The van der Waals surface area contributed by atoms with E-state index in [1.807, 2.05) is 0 Å². The Morgan fingerprint density at radius 1 is 1.46 bits per heavy atom. The molecule has 0 bridgehead atoms. The van der Waals surface area contributed by atoms with Crippen molar-refractivity contribution >= 4 is 5.96 Å². The van der Waals surface area contributed by atoms with Gasteiger partial charge in [-0.25, -0.2) is 5.84 Å². The first-order chi connectivity index (χ1) is 6.11. The van der Waals surface area contributed by atoms with Gasteiger partial charge in [-0.1, -0.05) is 13.8 Å². The van der Waals surface area contributed by atoms with Crippen LogP contribution in [-0.2, 0) is 0 Å². The van der Waals surface area contributed by atoms with Crippen LogP contribution in [0.2, 0.25) is 0 Å². The normalized spacial score (nSPS) is 36.0. The SMILES string of the molecule is CN=C(NN)N1CC2C(C1)C2(C)C. The number of aliphatic imine (C=N–C) groups is 1. The maximum atomic E-state index is 5.37. The summed E-state index contributed by atoms with van der Waals surface area (Å²) >= 11 is 0. The van der Waals surface area contributed by atoms with E-state index in [0.29, 0.717) is 5.41 Å². The van der Waals surface area contributed by atoms with Gasteiger partial charge in [-0.15, -0.1) is 0 Å². The molecule has 1 saturated heterocycles. The molecule has 0 radical (unpaired) electrons. The number of nitrogens with one attached hydrogen (secondary N) is 1. The smallest absolute Gasteiger partial charge is 0.208 e. The van der Waals surface area contributed by atoms with E-state index in [-0.39, 0.29) is 0 Å². The molecule has 2 atom stereocenters. The van der Waals surface area contributed by atoms with Crippen LogP contribution in [0.4, 0.5) is 0 Å². The average Bonchev–Trinajstić information content (AvgIpc) is 2.54. The maximum absolute atomic E-state index is 5.37. The highest BCUT2D eigenvalue weighted by atomic mass is 15.4. The van der Waals surface area contributed by atoms with Crippen LogP contribution in [-0.4, -0.2) is 31.0 Å². The fourth-order valence-electron chi connectivity index (χ4n) is 2.60. The van der Waals surface area contributed by atoms with Gasteiger partial charge in [0.2, 0.25) is 5.96 Å². The zero-order chi connectivity index (χ0) is 9.64. The number of hydrogen-bond donors (Lipinski definition) is 2. The Morgan fingerprint density at radius 3 is 2.38 bits per heavy atom. The molecule has 0 aromatic heterocycles. The van der Waals surface area contributed by atoms with Crippen molar-refractivity contribution in [2.45, 2.75) is 13.8 Å². The molecule has 2 fully saturated rings. The molecule has 4 nitrogen and oxygen atoms in total. The number of guanidine groups is 1. The second kappa shape index (κ2) is 2.61. The van der Waals surface area contributed by atoms with E-state index in [1.165, 1.54) is 0 Å². The first kappa shape index (κ1) is 8.81. The fourth-order valence-corrected chi connectivity index (χ4v) is 2.60. The summed E-state index contributed by atoms with van der Waals surface area (Å²) in [6, 6.07) is 0. The summed E-state index contributed by atoms with van der Waals surface area (Å²) in [6.45, 7) is 6.90. The van der Waals surface area contributed by atoms with Crippen molar-refractivity contribution < 1.29 is 0 Å². The number of hydrazine groups is 1. The van der Waals surface area contributed by atoms with Crippen LogP contribution in [0.3, 0.4) is 0 Å². The van der Waals surface area contributed by atoms with Crippen molar-refractivity contribution in [1.82, 2.24) is 10.3 Å². The highest BCUT2D eigenvalue weighted by molar-refractivity contribution is 5.79. The van der Waals surface area contributed by atoms with E-state index >= 15 is 0 Å². The topological polar surface area (TPSA) is 53.6 Å². The molecule has 1 saturated carbocycles. The third kappa shape index (κ3) is 1.12. The minimum absolute atomic E-state index is 0.559. The van der Waals surface area contributed by atoms with Crippen molar-refractivity contribution in [2.24, 2.45) is 28.1 Å². The monoisotopic (exact) mass is 182 g/mol. The van der Waals surface area contributed by atoms with E-state index in [1.54, 1.807) is 7.05 Å². The Bertz CT molecular complexity index is 232. The molecule has 3 N–H and O–H groups in total. The van der Waals surface area contributed by atoms with Crippen LogP contribution in [0.25, 0.3) is 0 Å². The predicted molar refractivity (Wildman–Crippen MR) is 53.0 cm³/mol. The quantitative estimate of drug-likeness (QED) is 0.240. The van der Waals surface area contributed by atoms with Crippen LogP contribution in [0.15, 0.2) is 4.99 Å². The summed E-state index contributed by atoms with van der Waals surface area (Å²) in [7, 11) is 1.77. The molecule has 1 aliphatic heterocycles. The van der Waals surface area contributed by atoms with Gasteiger partial charge in [0.05, 0.1) is 0 Å². The Balaban J connectivity index is 1.97. The lowest BCUT2D eigenvalue weighted by atomic mass is 10.1. The lowest BCUT2D eigenvalue weighted by molar-refractivity contribution is 0.353. The number of likely N-dealkylation sites (tertiary alicyclic amines) is 1. The van der Waals surface area contributed by atoms with E-state index < -0.39 is 0 Å².